The highest BCUT2D eigenvalue weighted by Crippen LogP contribution is 2.56. The van der Waals surface area contributed by atoms with E-state index in [9.17, 15) is 0 Å². The predicted molar refractivity (Wildman–Crippen MR) is 357 cm³/mol. The van der Waals surface area contributed by atoms with Crippen LogP contribution in [0.25, 0.3) is 76.8 Å². The Hall–Kier alpha value is -7.68. The average molecular weight is 1070 g/mol. The molecule has 0 N–H and O–H groups in total. The van der Waals surface area contributed by atoms with E-state index in [1.165, 1.54) is 144 Å². The molecule has 0 bridgehead atoms. The van der Waals surface area contributed by atoms with Gasteiger partial charge in [0.05, 0.1) is 16.7 Å². The fourth-order valence-electron chi connectivity index (χ4n) is 12.7. The summed E-state index contributed by atoms with van der Waals surface area (Å²) < 4.78 is 4.80. The molecule has 2 heterocycles. The molecular formula is C79H88N2. The van der Waals surface area contributed by atoms with Gasteiger partial charge < -0.3 is 9.13 Å². The molecule has 2 atom stereocenters. The summed E-state index contributed by atoms with van der Waals surface area (Å²) in [5.74, 6) is 0.689. The predicted octanol–water partition coefficient (Wildman–Crippen LogP) is 22.5. The molecule has 81 heavy (non-hydrogen) atoms. The van der Waals surface area contributed by atoms with Crippen molar-refractivity contribution in [1.82, 2.24) is 9.13 Å². The second kappa shape index (κ2) is 23.1. The Morgan fingerprint density at radius 3 is 1.54 bits per heavy atom. The third-order valence-corrected chi connectivity index (χ3v) is 17.1. The van der Waals surface area contributed by atoms with Gasteiger partial charge in [-0.15, -0.1) is 0 Å². The van der Waals surface area contributed by atoms with Gasteiger partial charge in [-0.1, -0.05) is 238 Å². The number of aryl methyl sites for hydroxylation is 5. The zero-order chi connectivity index (χ0) is 58.3. The van der Waals surface area contributed by atoms with Gasteiger partial charge in [-0.2, -0.15) is 0 Å². The number of benzene rings is 9. The van der Waals surface area contributed by atoms with E-state index in [2.05, 4.69) is 294 Å². The van der Waals surface area contributed by atoms with E-state index >= 15 is 0 Å². The lowest BCUT2D eigenvalue weighted by Gasteiger charge is -2.29. The highest BCUT2D eigenvalue weighted by molar-refractivity contribution is 6.13. The summed E-state index contributed by atoms with van der Waals surface area (Å²) in [7, 11) is 2.12. The lowest BCUT2D eigenvalue weighted by Crippen LogP contribution is -2.22. The van der Waals surface area contributed by atoms with Crippen LogP contribution in [0, 0.1) is 33.6 Å². The Kier molecular flexibility index (Phi) is 16.5. The zero-order valence-electron chi connectivity index (χ0n) is 52.1. The summed E-state index contributed by atoms with van der Waals surface area (Å²) in [5.41, 5.74) is 25.4. The molecule has 0 saturated heterocycles. The fourth-order valence-corrected chi connectivity index (χ4v) is 12.7. The molecule has 0 saturated carbocycles. The Labute approximate surface area is 485 Å². The van der Waals surface area contributed by atoms with Crippen molar-refractivity contribution in [2.45, 2.75) is 140 Å². The van der Waals surface area contributed by atoms with Crippen molar-refractivity contribution >= 4 is 60.0 Å². The fraction of sp³-hybridized carbons (Fsp3) is 0.291. The Bertz CT molecular complexity index is 4100. The maximum Gasteiger partial charge on any atom is 0.0544 e. The highest BCUT2D eigenvalue weighted by atomic mass is 15.0. The third-order valence-electron chi connectivity index (χ3n) is 17.1. The van der Waals surface area contributed by atoms with Crippen LogP contribution in [0.5, 0.6) is 0 Å². The van der Waals surface area contributed by atoms with Crippen LogP contribution in [0.2, 0.25) is 0 Å². The van der Waals surface area contributed by atoms with E-state index < -0.39 is 0 Å². The van der Waals surface area contributed by atoms with Crippen molar-refractivity contribution in [3.63, 3.8) is 0 Å². The van der Waals surface area contributed by atoms with E-state index in [0.717, 1.165) is 0 Å². The molecule has 9 aromatic carbocycles. The number of fused-ring (bicyclic) bond motifs is 11. The molecule has 2 aliphatic rings. The molecule has 0 fully saturated rings. The van der Waals surface area contributed by atoms with Crippen molar-refractivity contribution < 1.29 is 0 Å². The van der Waals surface area contributed by atoms with Crippen molar-refractivity contribution in [1.29, 1.82) is 0 Å². The van der Waals surface area contributed by atoms with E-state index in [1.807, 2.05) is 27.7 Å². The maximum atomic E-state index is 2.55. The van der Waals surface area contributed by atoms with Crippen LogP contribution in [-0.2, 0) is 23.3 Å². The summed E-state index contributed by atoms with van der Waals surface area (Å²) >= 11 is 0. The minimum atomic E-state index is -0.283. The molecule has 0 aliphatic heterocycles. The van der Waals surface area contributed by atoms with Crippen molar-refractivity contribution in [2.24, 2.45) is 13.0 Å². The number of rotatable bonds is 3. The molecular weight excluding hydrogens is 977 g/mol. The average Bonchev–Trinajstić information content (AvgIpc) is 3.82. The Morgan fingerprint density at radius 1 is 0.457 bits per heavy atom. The van der Waals surface area contributed by atoms with Gasteiger partial charge in [-0.25, -0.2) is 0 Å². The van der Waals surface area contributed by atoms with Gasteiger partial charge in [0.1, 0.15) is 0 Å². The molecule has 2 nitrogen and oxygen atoms in total. The molecule has 0 amide bonds. The number of hydrogen-bond acceptors (Lipinski definition) is 0. The first-order valence-corrected chi connectivity index (χ1v) is 29.9. The Morgan fingerprint density at radius 2 is 0.951 bits per heavy atom. The Balaban J connectivity index is 0.000000183. The second-order valence-corrected chi connectivity index (χ2v) is 24.9. The van der Waals surface area contributed by atoms with Crippen LogP contribution in [0.15, 0.2) is 194 Å². The molecule has 2 aliphatic carbocycles. The van der Waals surface area contributed by atoms with Crippen LogP contribution in [0.1, 0.15) is 152 Å². The van der Waals surface area contributed by atoms with E-state index in [1.54, 1.807) is 0 Å². The van der Waals surface area contributed by atoms with Gasteiger partial charge in [0.2, 0.25) is 0 Å². The van der Waals surface area contributed by atoms with Gasteiger partial charge in [0, 0.05) is 50.4 Å². The molecule has 2 unspecified atom stereocenters. The van der Waals surface area contributed by atoms with E-state index in [0.29, 0.717) is 5.92 Å². The first kappa shape index (κ1) is 58.0. The smallest absolute Gasteiger partial charge is 0.0544 e. The summed E-state index contributed by atoms with van der Waals surface area (Å²) in [6.07, 6.45) is 5.81. The van der Waals surface area contributed by atoms with Crippen LogP contribution >= 0.6 is 0 Å². The molecule has 0 spiro atoms. The van der Waals surface area contributed by atoms with E-state index in [-0.39, 0.29) is 16.2 Å². The number of nitrogens with zero attached hydrogens (tertiary/aromatic N) is 2. The largest absolute Gasteiger partial charge is 0.344 e. The lowest BCUT2D eigenvalue weighted by atomic mass is 9.73. The first-order valence-electron chi connectivity index (χ1n) is 29.9. The minimum absolute atomic E-state index is 0.0614. The minimum Gasteiger partial charge on any atom is -0.344 e. The molecule has 414 valence electrons. The van der Waals surface area contributed by atoms with Crippen LogP contribution in [0.4, 0.5) is 0 Å². The standard InChI is InChI=1S/C45H43N.C16H20.C14H13N.2C2H6/c1-28-18-21-34-37(24-28)45(8,29-14-10-9-11-15-29)38-27-41(32-16-12-13-17-33(32)42(34)38)46-39-22-19-30(43(2,3)4)25-35(39)36-26-31(44(5,6)7)20-23-40(36)46;1-11-5-7-15(13(3)9-11)16-8-6-12(2)10-14(16)4;1-10-7-8-14-12(9-10)11-5-3-4-6-13(11)15(14)2;2*1-2/h9-27H,1-8H3;5-9,12H,10H2,1-4H3;3-9H,1-2H3;2*1-2H3. The number of allylic oxidation sites excluding steroid dienone is 4. The molecule has 13 rings (SSSR count). The molecule has 11 aromatic rings. The molecule has 0 radical (unpaired) electrons. The second-order valence-electron chi connectivity index (χ2n) is 24.9. The number of hydrogen-bond donors (Lipinski definition) is 0. The molecule has 2 aromatic heterocycles. The van der Waals surface area contributed by atoms with Crippen molar-refractivity contribution in [2.75, 3.05) is 0 Å². The molecule has 2 heteroatoms. The van der Waals surface area contributed by atoms with Crippen LogP contribution in [-0.4, -0.2) is 9.13 Å². The third kappa shape index (κ3) is 10.8. The number of aromatic nitrogens is 2. The van der Waals surface area contributed by atoms with Crippen molar-refractivity contribution in [3.05, 3.63) is 249 Å². The van der Waals surface area contributed by atoms with Gasteiger partial charge in [-0.3, -0.25) is 0 Å². The number of para-hydroxylation sites is 1. The van der Waals surface area contributed by atoms with E-state index in [4.69, 9.17) is 0 Å². The van der Waals surface area contributed by atoms with Crippen molar-refractivity contribution in [3.8, 4) is 16.8 Å². The SMILES string of the molecule is CC.CC.CC1=C(c2ccc(C)cc2C)C=CC(C)C1.Cc1ccc2c(c1)C(C)(c1ccccc1)c1cc(-n3c4ccc(C(C)(C)C)cc4c4cc(C(C)(C)C)ccc43)c3ccccc3c1-2.Cc1ccc2c(c1)c1ccccc1n2C. The van der Waals surface area contributed by atoms with Gasteiger partial charge in [0.15, 0.2) is 0 Å². The lowest BCUT2D eigenvalue weighted by molar-refractivity contribution is 0.590. The highest BCUT2D eigenvalue weighted by Gasteiger charge is 2.42. The summed E-state index contributed by atoms with van der Waals surface area (Å²) in [5, 5.41) is 7.94. The van der Waals surface area contributed by atoms with Gasteiger partial charge in [-0.05, 0) is 174 Å². The monoisotopic (exact) mass is 1060 g/mol. The van der Waals surface area contributed by atoms with Crippen LogP contribution < -0.4 is 0 Å². The van der Waals surface area contributed by atoms with Crippen LogP contribution in [0.3, 0.4) is 0 Å². The summed E-state index contributed by atoms with van der Waals surface area (Å²) in [6, 6.07) is 65.9. The normalized spacial score (nSPS) is 15.6. The zero-order valence-corrected chi connectivity index (χ0v) is 52.1. The topological polar surface area (TPSA) is 9.86 Å². The summed E-state index contributed by atoms with van der Waals surface area (Å²) in [6.45, 7) is 37.5. The van der Waals surface area contributed by atoms with Gasteiger partial charge >= 0.3 is 0 Å². The summed E-state index contributed by atoms with van der Waals surface area (Å²) in [4.78, 5) is 0. The maximum absolute atomic E-state index is 2.55. The van der Waals surface area contributed by atoms with Gasteiger partial charge in [0.25, 0.3) is 0 Å². The quantitative estimate of drug-likeness (QED) is 0.167. The first-order chi connectivity index (χ1) is 38.7.